The lowest BCUT2D eigenvalue weighted by Crippen LogP contribution is -2.38. The summed E-state index contributed by atoms with van der Waals surface area (Å²) in [5.41, 5.74) is 0.550. The highest BCUT2D eigenvalue weighted by Gasteiger charge is 2.55. The zero-order chi connectivity index (χ0) is 12.0. The Hall–Kier alpha value is -1.32. The molecule has 1 aromatic heterocycles. The van der Waals surface area contributed by atoms with Crippen LogP contribution in [-0.4, -0.2) is 20.9 Å². The van der Waals surface area contributed by atoms with Crippen LogP contribution in [0.1, 0.15) is 31.2 Å². The van der Waals surface area contributed by atoms with Gasteiger partial charge in [-0.25, -0.2) is 0 Å². The molecular weight excluding hydrogens is 216 g/mol. The smallest absolute Gasteiger partial charge is 0.310 e. The third-order valence-corrected chi connectivity index (χ3v) is 4.68. The van der Waals surface area contributed by atoms with Crippen LogP contribution in [0.4, 0.5) is 0 Å². The third-order valence-electron chi connectivity index (χ3n) is 4.68. The van der Waals surface area contributed by atoms with Crippen molar-refractivity contribution >= 4 is 5.97 Å². The summed E-state index contributed by atoms with van der Waals surface area (Å²) in [4.78, 5) is 11.7. The molecule has 1 N–H and O–H groups in total. The van der Waals surface area contributed by atoms with E-state index in [1.54, 1.807) is 10.9 Å². The number of aliphatic carboxylic acids is 1. The van der Waals surface area contributed by atoms with Crippen LogP contribution in [0.3, 0.4) is 0 Å². The number of carboxylic acids is 1. The van der Waals surface area contributed by atoms with E-state index in [1.165, 1.54) is 6.42 Å². The second-order valence-corrected chi connectivity index (χ2v) is 5.74. The van der Waals surface area contributed by atoms with Gasteiger partial charge in [0, 0.05) is 13.2 Å². The highest BCUT2D eigenvalue weighted by atomic mass is 16.4. The van der Waals surface area contributed by atoms with E-state index in [2.05, 4.69) is 5.10 Å². The maximum atomic E-state index is 11.7. The fourth-order valence-corrected chi connectivity index (χ4v) is 3.93. The first kappa shape index (κ1) is 10.8. The van der Waals surface area contributed by atoms with Gasteiger partial charge in [0.15, 0.2) is 0 Å². The second-order valence-electron chi connectivity index (χ2n) is 5.74. The first-order valence-electron chi connectivity index (χ1n) is 6.31. The minimum atomic E-state index is -0.603. The molecule has 0 saturated heterocycles. The Morgan fingerprint density at radius 1 is 1.65 bits per heavy atom. The SMILES string of the molecule is Cn1cc(CC2(C(=O)O)CC3CCC2C3)cn1. The summed E-state index contributed by atoms with van der Waals surface area (Å²) in [6.45, 7) is 0. The first-order valence-corrected chi connectivity index (χ1v) is 6.31. The Labute approximate surface area is 101 Å². The van der Waals surface area contributed by atoms with Crippen molar-refractivity contribution in [1.29, 1.82) is 0 Å². The Bertz CT molecular complexity index is 454. The molecule has 2 aliphatic rings. The van der Waals surface area contributed by atoms with Crippen LogP contribution in [0.15, 0.2) is 12.4 Å². The molecule has 4 nitrogen and oxygen atoms in total. The van der Waals surface area contributed by atoms with Crippen molar-refractivity contribution in [3.63, 3.8) is 0 Å². The normalized spacial score (nSPS) is 35.4. The fraction of sp³-hybridized carbons (Fsp3) is 0.692. The summed E-state index contributed by atoms with van der Waals surface area (Å²) in [6.07, 6.45) is 8.70. The number of nitrogens with zero attached hydrogens (tertiary/aromatic N) is 2. The fourth-order valence-electron chi connectivity index (χ4n) is 3.93. The van der Waals surface area contributed by atoms with E-state index in [0.29, 0.717) is 18.3 Å². The molecular formula is C13H18N2O2. The summed E-state index contributed by atoms with van der Waals surface area (Å²) in [5.74, 6) is 0.423. The molecule has 2 fully saturated rings. The third kappa shape index (κ3) is 1.58. The lowest BCUT2D eigenvalue weighted by Gasteiger charge is -2.33. The van der Waals surface area contributed by atoms with Gasteiger partial charge in [-0.15, -0.1) is 0 Å². The summed E-state index contributed by atoms with van der Waals surface area (Å²) < 4.78 is 1.75. The van der Waals surface area contributed by atoms with Crippen LogP contribution < -0.4 is 0 Å². The van der Waals surface area contributed by atoms with Gasteiger partial charge in [0.25, 0.3) is 0 Å². The Kier molecular flexibility index (Phi) is 2.28. The van der Waals surface area contributed by atoms with E-state index in [9.17, 15) is 9.90 Å². The number of hydrogen-bond donors (Lipinski definition) is 1. The molecule has 0 aliphatic heterocycles. The van der Waals surface area contributed by atoms with Crippen molar-refractivity contribution in [2.24, 2.45) is 24.3 Å². The summed E-state index contributed by atoms with van der Waals surface area (Å²) in [7, 11) is 1.87. The van der Waals surface area contributed by atoms with Crippen molar-refractivity contribution in [2.45, 2.75) is 32.1 Å². The second kappa shape index (κ2) is 3.59. The maximum absolute atomic E-state index is 11.7. The van der Waals surface area contributed by atoms with E-state index >= 15 is 0 Å². The largest absolute Gasteiger partial charge is 0.481 e. The maximum Gasteiger partial charge on any atom is 0.310 e. The quantitative estimate of drug-likeness (QED) is 0.868. The number of carbonyl (C=O) groups is 1. The summed E-state index contributed by atoms with van der Waals surface area (Å²) in [6, 6.07) is 0. The van der Waals surface area contributed by atoms with Gasteiger partial charge in [-0.05, 0) is 43.1 Å². The zero-order valence-corrected chi connectivity index (χ0v) is 10.1. The molecule has 1 heterocycles. The lowest BCUT2D eigenvalue weighted by molar-refractivity contribution is -0.152. The highest BCUT2D eigenvalue weighted by molar-refractivity contribution is 5.76. The van der Waals surface area contributed by atoms with Gasteiger partial charge >= 0.3 is 5.97 Å². The van der Waals surface area contributed by atoms with E-state index in [1.807, 2.05) is 13.2 Å². The molecule has 0 amide bonds. The molecule has 3 atom stereocenters. The number of aryl methyl sites for hydroxylation is 1. The molecule has 1 aromatic rings. The number of aromatic nitrogens is 2. The van der Waals surface area contributed by atoms with Crippen molar-refractivity contribution in [1.82, 2.24) is 9.78 Å². The van der Waals surface area contributed by atoms with Crippen molar-refractivity contribution in [3.05, 3.63) is 18.0 Å². The Balaban J connectivity index is 1.89. The molecule has 3 unspecified atom stereocenters. The van der Waals surface area contributed by atoms with E-state index in [0.717, 1.165) is 24.8 Å². The molecule has 92 valence electrons. The minimum Gasteiger partial charge on any atom is -0.481 e. The summed E-state index contributed by atoms with van der Waals surface area (Å²) in [5, 5.41) is 13.8. The highest BCUT2D eigenvalue weighted by Crippen LogP contribution is 2.57. The standard InChI is InChI=1S/C13H18N2O2/c1-15-8-10(7-14-15)6-13(12(16)17)5-9-2-3-11(13)4-9/h7-9,11H,2-6H2,1H3,(H,16,17). The van der Waals surface area contributed by atoms with Crippen LogP contribution >= 0.6 is 0 Å². The monoisotopic (exact) mass is 234 g/mol. The van der Waals surface area contributed by atoms with Gasteiger partial charge < -0.3 is 5.11 Å². The van der Waals surface area contributed by atoms with Crippen molar-refractivity contribution in [3.8, 4) is 0 Å². The van der Waals surface area contributed by atoms with Crippen LogP contribution in [0.2, 0.25) is 0 Å². The average molecular weight is 234 g/mol. The Morgan fingerprint density at radius 3 is 2.94 bits per heavy atom. The Morgan fingerprint density at radius 2 is 2.47 bits per heavy atom. The minimum absolute atomic E-state index is 0.380. The number of carboxylic acid groups (broad SMARTS) is 1. The lowest BCUT2D eigenvalue weighted by atomic mass is 9.70. The van der Waals surface area contributed by atoms with E-state index < -0.39 is 11.4 Å². The van der Waals surface area contributed by atoms with Crippen LogP contribution in [-0.2, 0) is 18.3 Å². The number of fused-ring (bicyclic) bond motifs is 2. The van der Waals surface area contributed by atoms with Crippen LogP contribution in [0.25, 0.3) is 0 Å². The molecule has 0 aromatic carbocycles. The van der Waals surface area contributed by atoms with Crippen LogP contribution in [0.5, 0.6) is 0 Å². The molecule has 0 spiro atoms. The van der Waals surface area contributed by atoms with Crippen molar-refractivity contribution in [2.75, 3.05) is 0 Å². The van der Waals surface area contributed by atoms with Gasteiger partial charge in [0.05, 0.1) is 11.6 Å². The number of rotatable bonds is 3. The van der Waals surface area contributed by atoms with Gasteiger partial charge in [-0.1, -0.05) is 6.42 Å². The molecule has 0 radical (unpaired) electrons. The first-order chi connectivity index (χ1) is 8.10. The van der Waals surface area contributed by atoms with E-state index in [4.69, 9.17) is 0 Å². The molecule has 17 heavy (non-hydrogen) atoms. The topological polar surface area (TPSA) is 55.1 Å². The molecule has 4 heteroatoms. The average Bonchev–Trinajstić information content (AvgIpc) is 2.94. The van der Waals surface area contributed by atoms with Gasteiger partial charge in [0.2, 0.25) is 0 Å². The molecule has 3 rings (SSSR count). The van der Waals surface area contributed by atoms with Gasteiger partial charge in [0.1, 0.15) is 0 Å². The molecule has 2 aliphatic carbocycles. The van der Waals surface area contributed by atoms with Crippen molar-refractivity contribution < 1.29 is 9.90 Å². The van der Waals surface area contributed by atoms with Gasteiger partial charge in [-0.3, -0.25) is 9.48 Å². The van der Waals surface area contributed by atoms with Gasteiger partial charge in [-0.2, -0.15) is 5.10 Å². The predicted molar refractivity (Wildman–Crippen MR) is 62.4 cm³/mol. The molecule has 2 saturated carbocycles. The zero-order valence-electron chi connectivity index (χ0n) is 10.1. The van der Waals surface area contributed by atoms with E-state index in [-0.39, 0.29) is 0 Å². The molecule has 2 bridgehead atoms. The number of hydrogen-bond acceptors (Lipinski definition) is 2. The van der Waals surface area contributed by atoms with Crippen LogP contribution in [0, 0.1) is 17.3 Å². The predicted octanol–water partition coefficient (Wildman–Crippen LogP) is 1.85. The summed E-state index contributed by atoms with van der Waals surface area (Å²) >= 11 is 0.